The fourth-order valence-corrected chi connectivity index (χ4v) is 1.99. The van der Waals surface area contributed by atoms with E-state index in [9.17, 15) is 9.59 Å². The second-order valence-electron chi connectivity index (χ2n) is 4.69. The Bertz CT molecular complexity index is 460. The number of anilines is 1. The summed E-state index contributed by atoms with van der Waals surface area (Å²) in [6.07, 6.45) is 2.96. The Hall–Kier alpha value is -2.04. The normalized spacial score (nSPS) is 11.7. The minimum Gasteiger partial charge on any atom is -0.480 e. The number of benzene rings is 1. The molecule has 2 amide bonds. The van der Waals surface area contributed by atoms with E-state index in [1.54, 1.807) is 0 Å². The van der Waals surface area contributed by atoms with Crippen LogP contribution >= 0.6 is 0 Å². The fourth-order valence-electron chi connectivity index (χ4n) is 1.99. The Balaban J connectivity index is 2.68. The third-order valence-electron chi connectivity index (χ3n) is 2.97. The number of amides is 2. The van der Waals surface area contributed by atoms with Crippen LogP contribution in [0.1, 0.15) is 38.7 Å². The van der Waals surface area contributed by atoms with Crippen LogP contribution in [0.4, 0.5) is 10.5 Å². The number of hydrogen-bond acceptors (Lipinski definition) is 2. The maximum atomic E-state index is 11.9. The molecule has 1 rings (SSSR count). The molecule has 0 radical (unpaired) electrons. The second kappa shape index (κ2) is 8.19. The predicted molar refractivity (Wildman–Crippen MR) is 78.9 cm³/mol. The van der Waals surface area contributed by atoms with Gasteiger partial charge in [0.05, 0.1) is 0 Å². The average Bonchev–Trinajstić information content (AvgIpc) is 2.40. The zero-order valence-electron chi connectivity index (χ0n) is 12.0. The molecule has 0 fully saturated rings. The number of aryl methyl sites for hydroxylation is 1. The highest BCUT2D eigenvalue weighted by Gasteiger charge is 2.18. The summed E-state index contributed by atoms with van der Waals surface area (Å²) >= 11 is 0. The molecule has 0 bridgehead atoms. The SMILES string of the molecule is CCCc1ccccc1NC(=O)N[C@@H](CCC)C(=O)O. The summed E-state index contributed by atoms with van der Waals surface area (Å²) in [5.41, 5.74) is 1.78. The molecule has 0 heterocycles. The first-order valence-electron chi connectivity index (χ1n) is 6.96. The van der Waals surface area contributed by atoms with Crippen LogP contribution in [0.2, 0.25) is 0 Å². The number of nitrogens with one attached hydrogen (secondary N) is 2. The zero-order chi connectivity index (χ0) is 15.0. The smallest absolute Gasteiger partial charge is 0.326 e. The highest BCUT2D eigenvalue weighted by molar-refractivity contribution is 5.92. The largest absolute Gasteiger partial charge is 0.480 e. The summed E-state index contributed by atoms with van der Waals surface area (Å²) < 4.78 is 0. The van der Waals surface area contributed by atoms with Crippen molar-refractivity contribution in [3.63, 3.8) is 0 Å². The monoisotopic (exact) mass is 278 g/mol. The topological polar surface area (TPSA) is 78.4 Å². The van der Waals surface area contributed by atoms with Crippen LogP contribution in [-0.2, 0) is 11.2 Å². The number of carboxylic acids is 1. The number of para-hydroxylation sites is 1. The molecule has 1 atom stereocenters. The van der Waals surface area contributed by atoms with E-state index in [0.29, 0.717) is 12.8 Å². The molecular formula is C15H22N2O3. The van der Waals surface area contributed by atoms with Crippen molar-refractivity contribution >= 4 is 17.7 Å². The van der Waals surface area contributed by atoms with E-state index in [-0.39, 0.29) is 0 Å². The summed E-state index contributed by atoms with van der Waals surface area (Å²) in [5.74, 6) is -1.01. The standard InChI is InChI=1S/C15H22N2O3/c1-3-7-11-9-5-6-10-12(11)16-15(20)17-13(8-4-2)14(18)19/h5-6,9-10,13H,3-4,7-8H2,1-2H3,(H,18,19)(H2,16,17,20)/t13-/m0/s1. The number of urea groups is 1. The Kier molecular flexibility index (Phi) is 6.56. The first kappa shape index (κ1) is 16.0. The van der Waals surface area contributed by atoms with Crippen LogP contribution in [-0.4, -0.2) is 23.1 Å². The Morgan fingerprint density at radius 2 is 1.90 bits per heavy atom. The van der Waals surface area contributed by atoms with Crippen molar-refractivity contribution in [2.24, 2.45) is 0 Å². The van der Waals surface area contributed by atoms with Gasteiger partial charge in [-0.25, -0.2) is 9.59 Å². The maximum absolute atomic E-state index is 11.9. The van der Waals surface area contributed by atoms with Gasteiger partial charge in [0.25, 0.3) is 0 Å². The molecule has 0 saturated carbocycles. The van der Waals surface area contributed by atoms with E-state index < -0.39 is 18.0 Å². The van der Waals surface area contributed by atoms with Crippen molar-refractivity contribution in [1.29, 1.82) is 0 Å². The molecular weight excluding hydrogens is 256 g/mol. The molecule has 0 aliphatic carbocycles. The summed E-state index contributed by atoms with van der Waals surface area (Å²) in [4.78, 5) is 22.9. The Morgan fingerprint density at radius 3 is 2.50 bits per heavy atom. The molecule has 0 aliphatic heterocycles. The number of hydrogen-bond donors (Lipinski definition) is 3. The van der Waals surface area contributed by atoms with Gasteiger partial charge in [-0.2, -0.15) is 0 Å². The van der Waals surface area contributed by atoms with Crippen LogP contribution in [0.5, 0.6) is 0 Å². The van der Waals surface area contributed by atoms with Gasteiger partial charge in [0.2, 0.25) is 0 Å². The van der Waals surface area contributed by atoms with Crippen molar-refractivity contribution in [2.45, 2.75) is 45.6 Å². The van der Waals surface area contributed by atoms with E-state index in [1.807, 2.05) is 31.2 Å². The van der Waals surface area contributed by atoms with Crippen LogP contribution in [0, 0.1) is 0 Å². The van der Waals surface area contributed by atoms with E-state index >= 15 is 0 Å². The first-order valence-corrected chi connectivity index (χ1v) is 6.96. The van der Waals surface area contributed by atoms with Gasteiger partial charge in [0.15, 0.2) is 0 Å². The molecule has 0 saturated heterocycles. The molecule has 110 valence electrons. The molecule has 0 aliphatic rings. The van der Waals surface area contributed by atoms with E-state index in [0.717, 1.165) is 24.1 Å². The molecule has 0 aromatic heterocycles. The average molecular weight is 278 g/mol. The molecule has 1 aromatic rings. The lowest BCUT2D eigenvalue weighted by Crippen LogP contribution is -2.43. The lowest BCUT2D eigenvalue weighted by atomic mass is 10.1. The van der Waals surface area contributed by atoms with E-state index in [1.165, 1.54) is 0 Å². The quantitative estimate of drug-likeness (QED) is 0.717. The highest BCUT2D eigenvalue weighted by Crippen LogP contribution is 2.16. The third kappa shape index (κ3) is 4.91. The van der Waals surface area contributed by atoms with E-state index in [4.69, 9.17) is 5.11 Å². The lowest BCUT2D eigenvalue weighted by Gasteiger charge is -2.15. The fraction of sp³-hybridized carbons (Fsp3) is 0.467. The number of carboxylic acid groups (broad SMARTS) is 1. The van der Waals surface area contributed by atoms with E-state index in [2.05, 4.69) is 17.6 Å². The summed E-state index contributed by atoms with van der Waals surface area (Å²) in [5, 5.41) is 14.2. The van der Waals surface area contributed by atoms with Gasteiger partial charge in [-0.1, -0.05) is 44.9 Å². The summed E-state index contributed by atoms with van der Waals surface area (Å²) in [7, 11) is 0. The van der Waals surface area contributed by atoms with Crippen LogP contribution in [0.3, 0.4) is 0 Å². The number of rotatable bonds is 7. The van der Waals surface area contributed by atoms with Gasteiger partial charge >= 0.3 is 12.0 Å². The number of carbonyl (C=O) groups excluding carboxylic acids is 1. The van der Waals surface area contributed by atoms with Crippen LogP contribution in [0.15, 0.2) is 24.3 Å². The van der Waals surface area contributed by atoms with Crippen molar-refractivity contribution < 1.29 is 14.7 Å². The Labute approximate surface area is 119 Å². The first-order chi connectivity index (χ1) is 9.58. The summed E-state index contributed by atoms with van der Waals surface area (Å²) in [6, 6.07) is 6.22. The van der Waals surface area contributed by atoms with Gasteiger partial charge in [-0.15, -0.1) is 0 Å². The molecule has 20 heavy (non-hydrogen) atoms. The maximum Gasteiger partial charge on any atom is 0.326 e. The van der Waals surface area contributed by atoms with Gasteiger partial charge in [-0.3, -0.25) is 0 Å². The lowest BCUT2D eigenvalue weighted by molar-refractivity contribution is -0.139. The predicted octanol–water partition coefficient (Wildman–Crippen LogP) is 3.01. The second-order valence-corrected chi connectivity index (χ2v) is 4.69. The minimum absolute atomic E-state index is 0.416. The van der Waals surface area contributed by atoms with Crippen molar-refractivity contribution in [2.75, 3.05) is 5.32 Å². The highest BCUT2D eigenvalue weighted by atomic mass is 16.4. The van der Waals surface area contributed by atoms with Crippen LogP contribution in [0.25, 0.3) is 0 Å². The zero-order valence-corrected chi connectivity index (χ0v) is 12.0. The van der Waals surface area contributed by atoms with Gasteiger partial charge < -0.3 is 15.7 Å². The molecule has 5 heteroatoms. The van der Waals surface area contributed by atoms with Gasteiger partial charge in [0.1, 0.15) is 6.04 Å². The van der Waals surface area contributed by atoms with Crippen molar-refractivity contribution in [1.82, 2.24) is 5.32 Å². The molecule has 3 N–H and O–H groups in total. The number of carbonyl (C=O) groups is 2. The Morgan fingerprint density at radius 1 is 1.20 bits per heavy atom. The van der Waals surface area contributed by atoms with Gasteiger partial charge in [0, 0.05) is 5.69 Å². The molecule has 5 nitrogen and oxygen atoms in total. The molecule has 0 unspecified atom stereocenters. The van der Waals surface area contributed by atoms with Crippen LogP contribution < -0.4 is 10.6 Å². The van der Waals surface area contributed by atoms with Crippen molar-refractivity contribution in [3.05, 3.63) is 29.8 Å². The van der Waals surface area contributed by atoms with Crippen molar-refractivity contribution in [3.8, 4) is 0 Å². The molecule has 0 spiro atoms. The molecule has 1 aromatic carbocycles. The minimum atomic E-state index is -1.01. The number of aliphatic carboxylic acids is 1. The summed E-state index contributed by atoms with van der Waals surface area (Å²) in [6.45, 7) is 3.95. The third-order valence-corrected chi connectivity index (χ3v) is 2.97. The van der Waals surface area contributed by atoms with Gasteiger partial charge in [-0.05, 0) is 24.5 Å².